The van der Waals surface area contributed by atoms with Crippen molar-refractivity contribution in [1.29, 1.82) is 0 Å². The van der Waals surface area contributed by atoms with Crippen LogP contribution in [0, 0.1) is 6.92 Å². The summed E-state index contributed by atoms with van der Waals surface area (Å²) in [6, 6.07) is 16.4. The van der Waals surface area contributed by atoms with Gasteiger partial charge in [-0.1, -0.05) is 17.7 Å². The number of hydrogen-bond donors (Lipinski definition) is 1. The van der Waals surface area contributed by atoms with E-state index in [-0.39, 0.29) is 5.91 Å². The summed E-state index contributed by atoms with van der Waals surface area (Å²) in [5.74, 6) is -0.0657. The van der Waals surface area contributed by atoms with E-state index in [1.165, 1.54) is 24.9 Å². The SMILES string of the molecule is Cc1ccc(C(=O)Nc2ccc(N3CCCC[C@@H]3C)cc2)cc1. The number of carbonyl (C=O) groups excluding carboxylic acids is 1. The van der Waals surface area contributed by atoms with Crippen LogP contribution in [0.5, 0.6) is 0 Å². The van der Waals surface area contributed by atoms with Crippen molar-refractivity contribution in [2.45, 2.75) is 39.2 Å². The highest BCUT2D eigenvalue weighted by Gasteiger charge is 2.18. The zero-order valence-corrected chi connectivity index (χ0v) is 13.9. The number of amides is 1. The first-order valence-electron chi connectivity index (χ1n) is 8.38. The van der Waals surface area contributed by atoms with Crippen LogP contribution in [-0.4, -0.2) is 18.5 Å². The van der Waals surface area contributed by atoms with Crippen molar-refractivity contribution in [2.24, 2.45) is 0 Å². The molecule has 1 aliphatic heterocycles. The van der Waals surface area contributed by atoms with Crippen LogP contribution in [-0.2, 0) is 0 Å². The first-order valence-corrected chi connectivity index (χ1v) is 8.38. The number of nitrogens with zero attached hydrogens (tertiary/aromatic N) is 1. The number of hydrogen-bond acceptors (Lipinski definition) is 2. The number of benzene rings is 2. The van der Waals surface area contributed by atoms with E-state index >= 15 is 0 Å². The standard InChI is InChI=1S/C20H24N2O/c1-15-6-8-17(9-7-15)20(23)21-18-10-12-19(13-11-18)22-14-4-3-5-16(22)2/h6-13,16H,3-5,14H2,1-2H3,(H,21,23)/t16-/m0/s1. The quantitative estimate of drug-likeness (QED) is 0.897. The van der Waals surface area contributed by atoms with Gasteiger partial charge in [0.2, 0.25) is 0 Å². The third-order valence-corrected chi connectivity index (χ3v) is 4.57. The number of rotatable bonds is 3. The van der Waals surface area contributed by atoms with Crippen molar-refractivity contribution in [3.8, 4) is 0 Å². The Kier molecular flexibility index (Phi) is 4.65. The Balaban J connectivity index is 1.67. The van der Waals surface area contributed by atoms with Crippen molar-refractivity contribution in [2.75, 3.05) is 16.8 Å². The molecule has 3 heteroatoms. The van der Waals surface area contributed by atoms with Crippen molar-refractivity contribution < 1.29 is 4.79 Å². The average molecular weight is 308 g/mol. The van der Waals surface area contributed by atoms with Gasteiger partial charge in [-0.25, -0.2) is 0 Å². The Bertz CT molecular complexity index is 661. The molecule has 1 heterocycles. The number of piperidine rings is 1. The minimum Gasteiger partial charge on any atom is -0.369 e. The molecule has 0 radical (unpaired) electrons. The fraction of sp³-hybridized carbons (Fsp3) is 0.350. The van der Waals surface area contributed by atoms with Crippen LogP contribution in [0.1, 0.15) is 42.1 Å². The summed E-state index contributed by atoms with van der Waals surface area (Å²) in [6.45, 7) is 5.42. The second-order valence-corrected chi connectivity index (χ2v) is 6.41. The molecule has 2 aromatic carbocycles. The van der Waals surface area contributed by atoms with Crippen molar-refractivity contribution in [1.82, 2.24) is 0 Å². The van der Waals surface area contributed by atoms with Gasteiger partial charge in [-0.15, -0.1) is 0 Å². The van der Waals surface area contributed by atoms with Gasteiger partial charge in [0.15, 0.2) is 0 Å². The Morgan fingerprint density at radius 2 is 1.74 bits per heavy atom. The van der Waals surface area contributed by atoms with Gasteiger partial charge in [0, 0.05) is 29.5 Å². The molecule has 1 amide bonds. The van der Waals surface area contributed by atoms with E-state index in [0.29, 0.717) is 11.6 Å². The van der Waals surface area contributed by atoms with E-state index < -0.39 is 0 Å². The topological polar surface area (TPSA) is 32.3 Å². The predicted octanol–water partition coefficient (Wildman–Crippen LogP) is 4.63. The minimum absolute atomic E-state index is 0.0657. The summed E-state index contributed by atoms with van der Waals surface area (Å²) < 4.78 is 0. The van der Waals surface area contributed by atoms with Crippen LogP contribution >= 0.6 is 0 Å². The van der Waals surface area contributed by atoms with Crippen molar-refractivity contribution in [3.63, 3.8) is 0 Å². The molecule has 1 atom stereocenters. The normalized spacial score (nSPS) is 17.8. The number of carbonyl (C=O) groups is 1. The molecule has 0 aliphatic carbocycles. The predicted molar refractivity (Wildman–Crippen MR) is 96.2 cm³/mol. The summed E-state index contributed by atoms with van der Waals surface area (Å²) in [6.07, 6.45) is 3.84. The summed E-state index contributed by atoms with van der Waals surface area (Å²) in [7, 11) is 0. The lowest BCUT2D eigenvalue weighted by atomic mass is 10.0. The van der Waals surface area contributed by atoms with E-state index in [4.69, 9.17) is 0 Å². The molecule has 0 bridgehead atoms. The molecule has 0 unspecified atom stereocenters. The van der Waals surface area contributed by atoms with E-state index in [9.17, 15) is 4.79 Å². The van der Waals surface area contributed by atoms with Gasteiger partial charge in [-0.3, -0.25) is 4.79 Å². The molecule has 2 aromatic rings. The molecule has 0 aromatic heterocycles. The third-order valence-electron chi connectivity index (χ3n) is 4.57. The van der Waals surface area contributed by atoms with Gasteiger partial charge in [0.05, 0.1) is 0 Å². The molecule has 1 N–H and O–H groups in total. The molecular weight excluding hydrogens is 284 g/mol. The molecule has 0 spiro atoms. The minimum atomic E-state index is -0.0657. The molecule has 1 fully saturated rings. The smallest absolute Gasteiger partial charge is 0.255 e. The average Bonchev–Trinajstić information content (AvgIpc) is 2.57. The molecule has 3 rings (SSSR count). The lowest BCUT2D eigenvalue weighted by Crippen LogP contribution is -2.37. The largest absolute Gasteiger partial charge is 0.369 e. The summed E-state index contributed by atoms with van der Waals surface area (Å²) in [5.41, 5.74) is 3.92. The highest BCUT2D eigenvalue weighted by Crippen LogP contribution is 2.25. The molecule has 1 saturated heterocycles. The van der Waals surface area contributed by atoms with Crippen LogP contribution < -0.4 is 10.2 Å². The first-order chi connectivity index (χ1) is 11.1. The third kappa shape index (κ3) is 3.73. The van der Waals surface area contributed by atoms with Crippen molar-refractivity contribution in [3.05, 3.63) is 59.7 Å². The van der Waals surface area contributed by atoms with E-state index in [0.717, 1.165) is 17.8 Å². The van der Waals surface area contributed by atoms with Crippen LogP contribution in [0.15, 0.2) is 48.5 Å². The monoisotopic (exact) mass is 308 g/mol. The van der Waals surface area contributed by atoms with Crippen LogP contribution in [0.4, 0.5) is 11.4 Å². The highest BCUT2D eigenvalue weighted by molar-refractivity contribution is 6.04. The maximum Gasteiger partial charge on any atom is 0.255 e. The van der Waals surface area contributed by atoms with E-state index in [1.54, 1.807) is 0 Å². The Labute approximate surface area is 138 Å². The number of aryl methyl sites for hydroxylation is 1. The zero-order chi connectivity index (χ0) is 16.2. The lowest BCUT2D eigenvalue weighted by Gasteiger charge is -2.35. The van der Waals surface area contributed by atoms with Crippen molar-refractivity contribution >= 4 is 17.3 Å². The summed E-state index contributed by atoms with van der Waals surface area (Å²) in [4.78, 5) is 14.7. The van der Waals surface area contributed by atoms with Gasteiger partial charge < -0.3 is 10.2 Å². The van der Waals surface area contributed by atoms with Gasteiger partial charge in [0.1, 0.15) is 0 Å². The van der Waals surface area contributed by atoms with Crippen LogP contribution in [0.3, 0.4) is 0 Å². The zero-order valence-electron chi connectivity index (χ0n) is 13.9. The van der Waals surface area contributed by atoms with E-state index in [2.05, 4.69) is 29.3 Å². The summed E-state index contributed by atoms with van der Waals surface area (Å²) >= 11 is 0. The Morgan fingerprint density at radius 3 is 2.39 bits per heavy atom. The molecular formula is C20H24N2O. The molecule has 23 heavy (non-hydrogen) atoms. The van der Waals surface area contributed by atoms with Gasteiger partial charge in [-0.2, -0.15) is 0 Å². The highest BCUT2D eigenvalue weighted by atomic mass is 16.1. The van der Waals surface area contributed by atoms with Gasteiger partial charge >= 0.3 is 0 Å². The fourth-order valence-corrected chi connectivity index (χ4v) is 3.13. The molecule has 1 aliphatic rings. The number of nitrogens with one attached hydrogen (secondary N) is 1. The Morgan fingerprint density at radius 1 is 1.04 bits per heavy atom. The van der Waals surface area contributed by atoms with E-state index in [1.807, 2.05) is 43.3 Å². The molecule has 3 nitrogen and oxygen atoms in total. The second-order valence-electron chi connectivity index (χ2n) is 6.41. The maximum atomic E-state index is 12.2. The molecule has 0 saturated carbocycles. The molecule has 120 valence electrons. The van der Waals surface area contributed by atoms with Gasteiger partial charge in [-0.05, 0) is 69.5 Å². The van der Waals surface area contributed by atoms with Gasteiger partial charge in [0.25, 0.3) is 5.91 Å². The summed E-state index contributed by atoms with van der Waals surface area (Å²) in [5, 5.41) is 2.96. The fourth-order valence-electron chi connectivity index (χ4n) is 3.13. The van der Waals surface area contributed by atoms with Crippen LogP contribution in [0.25, 0.3) is 0 Å². The first kappa shape index (κ1) is 15.6. The maximum absolute atomic E-state index is 12.2. The number of anilines is 2. The lowest BCUT2D eigenvalue weighted by molar-refractivity contribution is 0.102. The van der Waals surface area contributed by atoms with Crippen LogP contribution in [0.2, 0.25) is 0 Å². The second kappa shape index (κ2) is 6.86. The Hall–Kier alpha value is -2.29.